The second-order valence-electron chi connectivity index (χ2n) is 5.61. The summed E-state index contributed by atoms with van der Waals surface area (Å²) in [6, 6.07) is 13.4. The van der Waals surface area contributed by atoms with Gasteiger partial charge in [-0.2, -0.15) is 0 Å². The van der Waals surface area contributed by atoms with E-state index >= 15 is 0 Å². The molecule has 1 aromatic heterocycles. The third-order valence-corrected chi connectivity index (χ3v) is 5.44. The molecule has 1 N–H and O–H groups in total. The summed E-state index contributed by atoms with van der Waals surface area (Å²) in [6.45, 7) is 0.496. The maximum Gasteiger partial charge on any atom is 0.230 e. The van der Waals surface area contributed by atoms with Crippen molar-refractivity contribution in [2.24, 2.45) is 0 Å². The molecule has 0 bridgehead atoms. The van der Waals surface area contributed by atoms with Crippen molar-refractivity contribution in [1.82, 2.24) is 14.9 Å². The van der Waals surface area contributed by atoms with Crippen LogP contribution in [0.25, 0.3) is 5.69 Å². The van der Waals surface area contributed by atoms with E-state index in [0.717, 1.165) is 16.8 Å². The zero-order valence-corrected chi connectivity index (χ0v) is 16.2. The first kappa shape index (κ1) is 18.8. The van der Waals surface area contributed by atoms with Gasteiger partial charge in [0.2, 0.25) is 5.91 Å². The van der Waals surface area contributed by atoms with Crippen LogP contribution in [0.5, 0.6) is 0 Å². The molecule has 0 aliphatic rings. The van der Waals surface area contributed by atoms with Crippen LogP contribution in [0.1, 0.15) is 11.1 Å². The second-order valence-corrected chi connectivity index (χ2v) is 7.41. The van der Waals surface area contributed by atoms with E-state index < -0.39 is 0 Å². The number of hydrogen-bond acceptors (Lipinski definition) is 3. The zero-order valence-electron chi connectivity index (χ0n) is 13.9. The quantitative estimate of drug-likeness (QED) is 0.617. The lowest BCUT2D eigenvalue weighted by Gasteiger charge is -2.08. The van der Waals surface area contributed by atoms with E-state index in [9.17, 15) is 4.79 Å². The number of nitrogens with one attached hydrogen (secondary N) is 1. The molecule has 1 amide bonds. The average molecular weight is 406 g/mol. The molecule has 0 saturated heterocycles. The molecular formula is C19H17Cl2N3OS. The van der Waals surface area contributed by atoms with Crippen molar-refractivity contribution in [3.63, 3.8) is 0 Å². The van der Waals surface area contributed by atoms with E-state index in [0.29, 0.717) is 28.1 Å². The Morgan fingerprint density at radius 3 is 2.50 bits per heavy atom. The van der Waals surface area contributed by atoms with Gasteiger partial charge in [0.1, 0.15) is 0 Å². The number of aromatic nitrogens is 2. The maximum absolute atomic E-state index is 12.0. The highest BCUT2D eigenvalue weighted by Crippen LogP contribution is 2.28. The fraction of sp³-hybridized carbons (Fsp3) is 0.158. The monoisotopic (exact) mass is 405 g/mol. The van der Waals surface area contributed by atoms with Gasteiger partial charge in [0, 0.05) is 40.4 Å². The Hall–Kier alpha value is -1.95. The average Bonchev–Trinajstić information content (AvgIpc) is 3.17. The summed E-state index contributed by atoms with van der Waals surface area (Å²) in [5, 5.41) is 4.18. The fourth-order valence-corrected chi connectivity index (χ4v) is 3.96. The molecule has 0 radical (unpaired) electrons. The predicted molar refractivity (Wildman–Crippen MR) is 108 cm³/mol. The molecule has 2 aromatic carbocycles. The van der Waals surface area contributed by atoms with Gasteiger partial charge >= 0.3 is 0 Å². The van der Waals surface area contributed by atoms with Crippen LogP contribution >= 0.6 is 35.0 Å². The molecule has 26 heavy (non-hydrogen) atoms. The first-order chi connectivity index (χ1) is 12.6. The normalized spacial score (nSPS) is 10.7. The molecule has 0 aliphatic heterocycles. The van der Waals surface area contributed by atoms with E-state index in [-0.39, 0.29) is 5.91 Å². The molecule has 7 heteroatoms. The molecule has 3 rings (SSSR count). The Morgan fingerprint density at radius 1 is 1.12 bits per heavy atom. The molecule has 3 aromatic rings. The molecule has 0 atom stereocenters. The Morgan fingerprint density at radius 2 is 1.85 bits per heavy atom. The van der Waals surface area contributed by atoms with Gasteiger partial charge in [0.15, 0.2) is 0 Å². The third-order valence-electron chi connectivity index (χ3n) is 3.77. The van der Waals surface area contributed by atoms with Crippen molar-refractivity contribution in [1.29, 1.82) is 0 Å². The maximum atomic E-state index is 12.0. The number of carbonyl (C=O) groups is 1. The standard InChI is InChI=1S/C19H17Cl2N3OS/c20-17-2-1-3-18(21)16(17)11-26-12-19(25)23-10-14-4-6-15(7-5-14)24-9-8-22-13-24/h1-9,13H,10-12H2,(H,23,25). The molecule has 0 unspecified atom stereocenters. The minimum absolute atomic E-state index is 0.0168. The minimum Gasteiger partial charge on any atom is -0.351 e. The van der Waals surface area contributed by atoms with Crippen LogP contribution in [-0.4, -0.2) is 21.2 Å². The summed E-state index contributed by atoms with van der Waals surface area (Å²) >= 11 is 13.8. The number of hydrogen-bond donors (Lipinski definition) is 1. The van der Waals surface area contributed by atoms with E-state index in [1.807, 2.05) is 41.1 Å². The first-order valence-electron chi connectivity index (χ1n) is 7.98. The molecule has 4 nitrogen and oxygen atoms in total. The molecule has 0 aliphatic carbocycles. The fourth-order valence-electron chi connectivity index (χ4n) is 2.37. The molecule has 0 saturated carbocycles. The summed E-state index contributed by atoms with van der Waals surface area (Å²) in [7, 11) is 0. The number of thioether (sulfide) groups is 1. The number of amides is 1. The van der Waals surface area contributed by atoms with Crippen LogP contribution in [0.2, 0.25) is 10.0 Å². The zero-order chi connectivity index (χ0) is 18.4. The van der Waals surface area contributed by atoms with E-state index in [4.69, 9.17) is 23.2 Å². The van der Waals surface area contributed by atoms with Crippen molar-refractivity contribution in [3.8, 4) is 5.69 Å². The van der Waals surface area contributed by atoms with Crippen LogP contribution in [0, 0.1) is 0 Å². The Labute approximate surface area is 166 Å². The van der Waals surface area contributed by atoms with Gasteiger partial charge in [-0.15, -0.1) is 11.8 Å². The highest BCUT2D eigenvalue weighted by atomic mass is 35.5. The van der Waals surface area contributed by atoms with Crippen LogP contribution in [0.4, 0.5) is 0 Å². The number of halogens is 2. The largest absolute Gasteiger partial charge is 0.351 e. The molecule has 0 fully saturated rings. The van der Waals surface area contributed by atoms with Gasteiger partial charge in [-0.1, -0.05) is 41.4 Å². The number of carbonyl (C=O) groups excluding carboxylic acids is 1. The minimum atomic E-state index is -0.0168. The molecule has 0 spiro atoms. The van der Waals surface area contributed by atoms with Gasteiger partial charge in [-0.3, -0.25) is 4.79 Å². The Balaban J connectivity index is 1.44. The van der Waals surface area contributed by atoms with Crippen LogP contribution in [0.15, 0.2) is 61.2 Å². The SMILES string of the molecule is O=C(CSCc1c(Cl)cccc1Cl)NCc1ccc(-n2ccnc2)cc1. The smallest absolute Gasteiger partial charge is 0.230 e. The van der Waals surface area contributed by atoms with Crippen molar-refractivity contribution in [2.75, 3.05) is 5.75 Å². The summed E-state index contributed by atoms with van der Waals surface area (Å²) < 4.78 is 1.93. The number of nitrogens with zero attached hydrogens (tertiary/aromatic N) is 2. The summed E-state index contributed by atoms with van der Waals surface area (Å²) in [5.74, 6) is 0.942. The summed E-state index contributed by atoms with van der Waals surface area (Å²) in [5.41, 5.74) is 2.94. The lowest BCUT2D eigenvalue weighted by Crippen LogP contribution is -2.24. The van der Waals surface area contributed by atoms with Crippen molar-refractivity contribution in [2.45, 2.75) is 12.3 Å². The number of rotatable bonds is 7. The van der Waals surface area contributed by atoms with Gasteiger partial charge < -0.3 is 9.88 Å². The number of benzene rings is 2. The van der Waals surface area contributed by atoms with Crippen LogP contribution in [-0.2, 0) is 17.1 Å². The highest BCUT2D eigenvalue weighted by molar-refractivity contribution is 7.99. The lowest BCUT2D eigenvalue weighted by molar-refractivity contribution is -0.118. The van der Waals surface area contributed by atoms with Crippen molar-refractivity contribution >= 4 is 40.9 Å². The molecule has 1 heterocycles. The van der Waals surface area contributed by atoms with Crippen LogP contribution in [0.3, 0.4) is 0 Å². The summed E-state index contributed by atoms with van der Waals surface area (Å²) in [6.07, 6.45) is 5.38. The number of imidazole rings is 1. The van der Waals surface area contributed by atoms with E-state index in [1.54, 1.807) is 24.7 Å². The van der Waals surface area contributed by atoms with Crippen molar-refractivity contribution in [3.05, 3.63) is 82.4 Å². The van der Waals surface area contributed by atoms with Crippen LogP contribution < -0.4 is 5.32 Å². The summed E-state index contributed by atoms with van der Waals surface area (Å²) in [4.78, 5) is 16.0. The predicted octanol–water partition coefficient (Wildman–Crippen LogP) is 4.73. The third kappa shape index (κ3) is 5.04. The topological polar surface area (TPSA) is 46.9 Å². The molecule has 134 valence electrons. The van der Waals surface area contributed by atoms with E-state index in [1.165, 1.54) is 11.8 Å². The first-order valence-corrected chi connectivity index (χ1v) is 9.89. The second kappa shape index (κ2) is 9.12. The van der Waals surface area contributed by atoms with Gasteiger partial charge in [0.05, 0.1) is 12.1 Å². The molecular weight excluding hydrogens is 389 g/mol. The van der Waals surface area contributed by atoms with Crippen molar-refractivity contribution < 1.29 is 4.79 Å². The van der Waals surface area contributed by atoms with Gasteiger partial charge in [0.25, 0.3) is 0 Å². The van der Waals surface area contributed by atoms with E-state index in [2.05, 4.69) is 10.3 Å². The lowest BCUT2D eigenvalue weighted by atomic mass is 10.2. The Bertz CT molecular complexity index is 847. The highest BCUT2D eigenvalue weighted by Gasteiger charge is 2.07. The van der Waals surface area contributed by atoms with Gasteiger partial charge in [-0.25, -0.2) is 4.98 Å². The Kier molecular flexibility index (Phi) is 6.61. The van der Waals surface area contributed by atoms with Gasteiger partial charge in [-0.05, 0) is 35.4 Å².